The van der Waals surface area contributed by atoms with Gasteiger partial charge in [-0.25, -0.2) is 4.98 Å². The summed E-state index contributed by atoms with van der Waals surface area (Å²) >= 11 is 0. The van der Waals surface area contributed by atoms with Crippen LogP contribution in [0.4, 0.5) is 0 Å². The van der Waals surface area contributed by atoms with Gasteiger partial charge in [-0.2, -0.15) is 0 Å². The van der Waals surface area contributed by atoms with Gasteiger partial charge in [0.1, 0.15) is 0 Å². The highest BCUT2D eigenvalue weighted by Gasteiger charge is 2.10. The van der Waals surface area contributed by atoms with E-state index >= 15 is 0 Å². The zero-order valence-corrected chi connectivity index (χ0v) is 10.5. The third kappa shape index (κ3) is 4.01. The summed E-state index contributed by atoms with van der Waals surface area (Å²) < 4.78 is 6.55. The lowest BCUT2D eigenvalue weighted by atomic mass is 10.2. The van der Waals surface area contributed by atoms with Gasteiger partial charge in [-0.1, -0.05) is 0 Å². The van der Waals surface area contributed by atoms with Crippen LogP contribution in [0.15, 0.2) is 6.33 Å². The smallest absolute Gasteiger partial charge is 0.306 e. The number of nitrogens with zero attached hydrogens (tertiary/aromatic N) is 2. The fourth-order valence-corrected chi connectivity index (χ4v) is 1.45. The molecule has 0 amide bonds. The summed E-state index contributed by atoms with van der Waals surface area (Å²) in [5, 5.41) is 0. The van der Waals surface area contributed by atoms with Gasteiger partial charge < -0.3 is 9.30 Å². The molecule has 0 atom stereocenters. The van der Waals surface area contributed by atoms with Crippen LogP contribution in [0.1, 0.15) is 31.2 Å². The highest BCUT2D eigenvalue weighted by molar-refractivity contribution is 5.82. The first-order valence-corrected chi connectivity index (χ1v) is 5.70. The highest BCUT2D eigenvalue weighted by Crippen LogP contribution is 2.05. The van der Waals surface area contributed by atoms with Crippen molar-refractivity contribution in [3.05, 3.63) is 17.7 Å². The van der Waals surface area contributed by atoms with Crippen LogP contribution in [0.2, 0.25) is 0 Å². The molecule has 17 heavy (non-hydrogen) atoms. The van der Waals surface area contributed by atoms with Crippen LogP contribution in [0.25, 0.3) is 0 Å². The summed E-state index contributed by atoms with van der Waals surface area (Å²) in [6.07, 6.45) is 2.02. The highest BCUT2D eigenvalue weighted by atomic mass is 16.5. The molecule has 5 heteroatoms. The van der Waals surface area contributed by atoms with Crippen LogP contribution in [0, 0.1) is 13.8 Å². The van der Waals surface area contributed by atoms with Gasteiger partial charge in [0.05, 0.1) is 31.6 Å². The van der Waals surface area contributed by atoms with E-state index in [-0.39, 0.29) is 31.1 Å². The number of esters is 1. The summed E-state index contributed by atoms with van der Waals surface area (Å²) in [5.74, 6) is -0.307. The molecule has 0 radical (unpaired) electrons. The average molecular weight is 238 g/mol. The molecule has 0 N–H and O–H groups in total. The van der Waals surface area contributed by atoms with Crippen molar-refractivity contribution >= 4 is 11.8 Å². The first-order chi connectivity index (χ1) is 8.04. The van der Waals surface area contributed by atoms with Gasteiger partial charge in [-0.05, 0) is 20.8 Å². The summed E-state index contributed by atoms with van der Waals surface area (Å²) in [4.78, 5) is 26.8. The second-order valence-corrected chi connectivity index (χ2v) is 3.89. The number of ether oxygens (including phenoxy) is 1. The van der Waals surface area contributed by atoms with Crippen molar-refractivity contribution in [1.29, 1.82) is 0 Å². The van der Waals surface area contributed by atoms with E-state index in [9.17, 15) is 9.59 Å². The number of aromatic nitrogens is 2. The lowest BCUT2D eigenvalue weighted by Gasteiger charge is -2.04. The first-order valence-electron chi connectivity index (χ1n) is 5.70. The predicted molar refractivity (Wildman–Crippen MR) is 62.6 cm³/mol. The molecule has 0 fully saturated rings. The monoisotopic (exact) mass is 238 g/mol. The minimum atomic E-state index is -0.320. The van der Waals surface area contributed by atoms with Crippen molar-refractivity contribution in [2.75, 3.05) is 6.61 Å². The van der Waals surface area contributed by atoms with Gasteiger partial charge in [0, 0.05) is 12.1 Å². The Morgan fingerprint density at radius 1 is 1.35 bits per heavy atom. The lowest BCUT2D eigenvalue weighted by molar-refractivity contribution is -0.144. The van der Waals surface area contributed by atoms with Gasteiger partial charge in [0.15, 0.2) is 5.78 Å². The number of carbonyl (C=O) groups excluding carboxylic acids is 2. The Balaban J connectivity index is 2.40. The molecule has 0 saturated heterocycles. The Hall–Kier alpha value is -1.65. The predicted octanol–water partition coefficient (Wildman–Crippen LogP) is 1.41. The fourth-order valence-electron chi connectivity index (χ4n) is 1.45. The summed E-state index contributed by atoms with van der Waals surface area (Å²) in [7, 11) is 0. The maximum absolute atomic E-state index is 11.6. The van der Waals surface area contributed by atoms with Crippen LogP contribution in [0.3, 0.4) is 0 Å². The molecule has 1 heterocycles. The Labute approximate surface area is 101 Å². The number of Topliss-reactive ketones (excluding diaryl/α,β-unsaturated/α-hetero) is 1. The van der Waals surface area contributed by atoms with Crippen molar-refractivity contribution in [2.45, 2.75) is 40.2 Å². The van der Waals surface area contributed by atoms with E-state index in [0.717, 1.165) is 11.4 Å². The minimum Gasteiger partial charge on any atom is -0.466 e. The molecule has 1 aromatic heterocycles. The van der Waals surface area contributed by atoms with Gasteiger partial charge in [0.25, 0.3) is 0 Å². The van der Waals surface area contributed by atoms with E-state index in [4.69, 9.17) is 4.74 Å². The molecule has 0 aromatic carbocycles. The molecule has 0 saturated carbocycles. The topological polar surface area (TPSA) is 61.2 Å². The van der Waals surface area contributed by atoms with Crippen molar-refractivity contribution in [1.82, 2.24) is 9.55 Å². The second kappa shape index (κ2) is 6.18. The molecule has 0 unspecified atom stereocenters. The average Bonchev–Trinajstić information content (AvgIpc) is 2.59. The van der Waals surface area contributed by atoms with Gasteiger partial charge in [-0.15, -0.1) is 0 Å². The SMILES string of the molecule is CCOC(=O)CCC(=O)Cn1cnc(C)c1C. The Kier molecular flexibility index (Phi) is 4.87. The molecule has 1 rings (SSSR count). The number of rotatable bonds is 6. The Bertz CT molecular complexity index is 410. The van der Waals surface area contributed by atoms with Crippen LogP contribution < -0.4 is 0 Å². The third-order valence-electron chi connectivity index (χ3n) is 2.61. The van der Waals surface area contributed by atoms with Crippen molar-refractivity contribution in [3.8, 4) is 0 Å². The van der Waals surface area contributed by atoms with E-state index < -0.39 is 0 Å². The van der Waals surface area contributed by atoms with Gasteiger partial charge >= 0.3 is 5.97 Å². The number of ketones is 1. The number of hydrogen-bond donors (Lipinski definition) is 0. The minimum absolute atomic E-state index is 0.0125. The number of aryl methyl sites for hydroxylation is 1. The standard InChI is InChI=1S/C12H18N2O3/c1-4-17-12(16)6-5-11(15)7-14-8-13-9(2)10(14)3/h8H,4-7H2,1-3H3. The van der Waals surface area contributed by atoms with Crippen LogP contribution in [-0.2, 0) is 20.9 Å². The van der Waals surface area contributed by atoms with Gasteiger partial charge in [-0.3, -0.25) is 9.59 Å². The molecule has 94 valence electrons. The maximum atomic E-state index is 11.6. The summed E-state index contributed by atoms with van der Waals surface area (Å²) in [6.45, 7) is 6.19. The normalized spacial score (nSPS) is 10.3. The van der Waals surface area contributed by atoms with E-state index in [2.05, 4.69) is 4.98 Å². The van der Waals surface area contributed by atoms with Crippen molar-refractivity contribution < 1.29 is 14.3 Å². The van der Waals surface area contributed by atoms with Gasteiger partial charge in [0.2, 0.25) is 0 Å². The third-order valence-corrected chi connectivity index (χ3v) is 2.61. The summed E-state index contributed by atoms with van der Waals surface area (Å²) in [5.41, 5.74) is 1.90. The zero-order valence-electron chi connectivity index (χ0n) is 10.5. The largest absolute Gasteiger partial charge is 0.466 e. The van der Waals surface area contributed by atoms with Crippen LogP contribution in [-0.4, -0.2) is 27.9 Å². The molecule has 0 aliphatic rings. The molecular formula is C12H18N2O3. The van der Waals surface area contributed by atoms with E-state index in [1.165, 1.54) is 0 Å². The molecule has 5 nitrogen and oxygen atoms in total. The second-order valence-electron chi connectivity index (χ2n) is 3.89. The Morgan fingerprint density at radius 2 is 2.06 bits per heavy atom. The number of carbonyl (C=O) groups is 2. The van der Waals surface area contributed by atoms with Crippen LogP contribution in [0.5, 0.6) is 0 Å². The van der Waals surface area contributed by atoms with E-state index in [1.54, 1.807) is 17.8 Å². The van der Waals surface area contributed by atoms with Crippen LogP contribution >= 0.6 is 0 Å². The van der Waals surface area contributed by atoms with Crippen molar-refractivity contribution in [2.24, 2.45) is 0 Å². The maximum Gasteiger partial charge on any atom is 0.306 e. The number of imidazole rings is 1. The van der Waals surface area contributed by atoms with E-state index in [1.807, 2.05) is 13.8 Å². The van der Waals surface area contributed by atoms with E-state index in [0.29, 0.717) is 6.61 Å². The first kappa shape index (κ1) is 13.4. The Morgan fingerprint density at radius 3 is 2.59 bits per heavy atom. The zero-order chi connectivity index (χ0) is 12.8. The number of hydrogen-bond acceptors (Lipinski definition) is 4. The molecular weight excluding hydrogens is 220 g/mol. The molecule has 1 aromatic rings. The molecule has 0 aliphatic heterocycles. The van der Waals surface area contributed by atoms with Crippen molar-refractivity contribution in [3.63, 3.8) is 0 Å². The molecule has 0 aliphatic carbocycles. The molecule has 0 bridgehead atoms. The summed E-state index contributed by atoms with van der Waals surface area (Å²) in [6, 6.07) is 0. The lowest BCUT2D eigenvalue weighted by Crippen LogP contribution is -2.13. The molecule has 0 spiro atoms. The fraction of sp³-hybridized carbons (Fsp3) is 0.583. The quantitative estimate of drug-likeness (QED) is 0.703.